The summed E-state index contributed by atoms with van der Waals surface area (Å²) >= 11 is 0. The number of ether oxygens (including phenoxy) is 1. The van der Waals surface area contributed by atoms with E-state index in [0.717, 1.165) is 19.4 Å². The maximum Gasteiger partial charge on any atom is 0.108 e. The first-order valence-electron chi connectivity index (χ1n) is 4.14. The van der Waals surface area contributed by atoms with Crippen LogP contribution in [-0.4, -0.2) is 30.1 Å². The van der Waals surface area contributed by atoms with Crippen LogP contribution in [0.2, 0.25) is 0 Å². The van der Waals surface area contributed by atoms with Gasteiger partial charge in [-0.3, -0.25) is 5.32 Å². The molecule has 1 saturated heterocycles. The molecule has 1 heterocycles. The Morgan fingerprint density at radius 2 is 2.36 bits per heavy atom. The lowest BCUT2D eigenvalue weighted by atomic mass is 10.1. The number of hydrogen-bond acceptors (Lipinski definition) is 3. The highest BCUT2D eigenvalue weighted by Crippen LogP contribution is 2.16. The van der Waals surface area contributed by atoms with Gasteiger partial charge in [-0.2, -0.15) is 0 Å². The third kappa shape index (κ3) is 2.77. The Morgan fingerprint density at radius 1 is 1.64 bits per heavy atom. The van der Waals surface area contributed by atoms with Gasteiger partial charge in [0.05, 0.1) is 6.61 Å². The zero-order valence-corrected chi connectivity index (χ0v) is 7.26. The zero-order valence-electron chi connectivity index (χ0n) is 7.26. The van der Waals surface area contributed by atoms with Crippen LogP contribution in [0.5, 0.6) is 0 Å². The van der Waals surface area contributed by atoms with Gasteiger partial charge in [-0.25, -0.2) is 0 Å². The van der Waals surface area contributed by atoms with E-state index in [-0.39, 0.29) is 18.4 Å². The molecule has 0 spiro atoms. The van der Waals surface area contributed by atoms with Crippen molar-refractivity contribution in [3.05, 3.63) is 0 Å². The van der Waals surface area contributed by atoms with Gasteiger partial charge in [0, 0.05) is 12.1 Å². The third-order valence-electron chi connectivity index (χ3n) is 1.82. The second-order valence-electron chi connectivity index (χ2n) is 3.69. The van der Waals surface area contributed by atoms with E-state index in [9.17, 15) is 0 Å². The highest BCUT2D eigenvalue weighted by atomic mass is 16.5. The summed E-state index contributed by atoms with van der Waals surface area (Å²) in [5.74, 6) is 0. The molecule has 0 aromatic heterocycles. The van der Waals surface area contributed by atoms with E-state index in [1.54, 1.807) is 0 Å². The van der Waals surface area contributed by atoms with Crippen LogP contribution >= 0.6 is 0 Å². The molecule has 1 aliphatic heterocycles. The minimum atomic E-state index is 0.111. The summed E-state index contributed by atoms with van der Waals surface area (Å²) in [6.07, 6.45) is 1.87. The minimum Gasteiger partial charge on any atom is -0.396 e. The van der Waals surface area contributed by atoms with Crippen molar-refractivity contribution in [2.24, 2.45) is 0 Å². The number of rotatable bonds is 3. The summed E-state index contributed by atoms with van der Waals surface area (Å²) in [6.45, 7) is 5.25. The maximum atomic E-state index is 8.57. The molecule has 0 saturated carbocycles. The van der Waals surface area contributed by atoms with Gasteiger partial charge in [0.2, 0.25) is 0 Å². The normalized spacial score (nSPS) is 29.2. The van der Waals surface area contributed by atoms with Crippen molar-refractivity contribution in [2.45, 2.75) is 38.5 Å². The fraction of sp³-hybridized carbons (Fsp3) is 1.00. The summed E-state index contributed by atoms with van der Waals surface area (Å²) in [6, 6.07) is 0. The van der Waals surface area contributed by atoms with Crippen molar-refractivity contribution < 1.29 is 9.84 Å². The van der Waals surface area contributed by atoms with Gasteiger partial charge in [0.25, 0.3) is 0 Å². The predicted octanol–water partition coefficient (Wildman–Crippen LogP) is 0.483. The topological polar surface area (TPSA) is 41.5 Å². The van der Waals surface area contributed by atoms with Crippen molar-refractivity contribution >= 4 is 0 Å². The smallest absolute Gasteiger partial charge is 0.108 e. The van der Waals surface area contributed by atoms with Crippen molar-refractivity contribution in [1.82, 2.24) is 5.32 Å². The van der Waals surface area contributed by atoms with E-state index >= 15 is 0 Å². The van der Waals surface area contributed by atoms with Crippen LogP contribution in [0.3, 0.4) is 0 Å². The van der Waals surface area contributed by atoms with Gasteiger partial charge in [-0.05, 0) is 26.7 Å². The first kappa shape index (κ1) is 8.97. The highest BCUT2D eigenvalue weighted by molar-refractivity contribution is 4.84. The Bertz CT molecular complexity index is 125. The molecule has 1 fully saturated rings. The van der Waals surface area contributed by atoms with Gasteiger partial charge in [-0.15, -0.1) is 0 Å². The molecule has 0 radical (unpaired) electrons. The van der Waals surface area contributed by atoms with Crippen LogP contribution in [0.1, 0.15) is 26.7 Å². The summed E-state index contributed by atoms with van der Waals surface area (Å²) in [7, 11) is 0. The minimum absolute atomic E-state index is 0.111. The SMILES string of the molecule is CC1(C)COC(CCCO)N1. The van der Waals surface area contributed by atoms with E-state index in [1.807, 2.05) is 0 Å². The van der Waals surface area contributed by atoms with Crippen LogP contribution in [-0.2, 0) is 4.74 Å². The first-order valence-corrected chi connectivity index (χ1v) is 4.14. The Hall–Kier alpha value is -0.120. The standard InChI is InChI=1S/C8H17NO2/c1-8(2)6-11-7(9-8)4-3-5-10/h7,9-10H,3-6H2,1-2H3. The van der Waals surface area contributed by atoms with Crippen LogP contribution in [0.25, 0.3) is 0 Å². The Labute approximate surface area is 67.7 Å². The fourth-order valence-corrected chi connectivity index (χ4v) is 1.26. The molecule has 0 bridgehead atoms. The number of hydrogen-bond donors (Lipinski definition) is 2. The molecular formula is C8H17NO2. The van der Waals surface area contributed by atoms with Crippen LogP contribution < -0.4 is 5.32 Å². The molecular weight excluding hydrogens is 142 g/mol. The van der Waals surface area contributed by atoms with Gasteiger partial charge in [0.15, 0.2) is 0 Å². The second kappa shape index (κ2) is 3.52. The second-order valence-corrected chi connectivity index (χ2v) is 3.69. The first-order chi connectivity index (χ1) is 5.14. The molecule has 0 aromatic carbocycles. The molecule has 0 amide bonds. The summed E-state index contributed by atoms with van der Waals surface area (Å²) in [4.78, 5) is 0. The third-order valence-corrected chi connectivity index (χ3v) is 1.82. The average molecular weight is 159 g/mol. The lowest BCUT2D eigenvalue weighted by molar-refractivity contribution is 0.0851. The van der Waals surface area contributed by atoms with Crippen LogP contribution in [0.15, 0.2) is 0 Å². The monoisotopic (exact) mass is 159 g/mol. The predicted molar refractivity (Wildman–Crippen MR) is 43.3 cm³/mol. The lowest BCUT2D eigenvalue weighted by Crippen LogP contribution is -2.38. The van der Waals surface area contributed by atoms with E-state index < -0.39 is 0 Å². The summed E-state index contributed by atoms with van der Waals surface area (Å²) in [5.41, 5.74) is 0.111. The molecule has 11 heavy (non-hydrogen) atoms. The maximum absolute atomic E-state index is 8.57. The fourth-order valence-electron chi connectivity index (χ4n) is 1.26. The molecule has 3 nitrogen and oxygen atoms in total. The van der Waals surface area contributed by atoms with Crippen molar-refractivity contribution in [1.29, 1.82) is 0 Å². The van der Waals surface area contributed by atoms with Crippen LogP contribution in [0, 0.1) is 0 Å². The molecule has 1 atom stereocenters. The zero-order chi connectivity index (χ0) is 8.32. The Balaban J connectivity index is 2.20. The van der Waals surface area contributed by atoms with E-state index in [2.05, 4.69) is 19.2 Å². The number of aliphatic hydroxyl groups is 1. The molecule has 1 aliphatic rings. The Kier molecular flexibility index (Phi) is 2.87. The number of nitrogens with one attached hydrogen (secondary N) is 1. The van der Waals surface area contributed by atoms with Gasteiger partial charge in [0.1, 0.15) is 6.23 Å². The van der Waals surface area contributed by atoms with Gasteiger partial charge in [-0.1, -0.05) is 0 Å². The van der Waals surface area contributed by atoms with E-state index in [1.165, 1.54) is 0 Å². The lowest BCUT2D eigenvalue weighted by Gasteiger charge is -2.16. The van der Waals surface area contributed by atoms with Crippen LogP contribution in [0.4, 0.5) is 0 Å². The van der Waals surface area contributed by atoms with E-state index in [4.69, 9.17) is 9.84 Å². The van der Waals surface area contributed by atoms with Crippen molar-refractivity contribution in [3.63, 3.8) is 0 Å². The molecule has 66 valence electrons. The molecule has 0 aromatic rings. The molecule has 1 rings (SSSR count). The average Bonchev–Trinajstić information content (AvgIpc) is 2.26. The number of aliphatic hydroxyl groups excluding tert-OH is 1. The van der Waals surface area contributed by atoms with E-state index in [0.29, 0.717) is 0 Å². The largest absolute Gasteiger partial charge is 0.396 e. The highest BCUT2D eigenvalue weighted by Gasteiger charge is 2.29. The molecule has 0 aliphatic carbocycles. The Morgan fingerprint density at radius 3 is 2.82 bits per heavy atom. The van der Waals surface area contributed by atoms with Gasteiger partial charge < -0.3 is 9.84 Å². The summed E-state index contributed by atoms with van der Waals surface area (Å²) < 4.78 is 5.45. The van der Waals surface area contributed by atoms with Crippen molar-refractivity contribution in [2.75, 3.05) is 13.2 Å². The summed E-state index contributed by atoms with van der Waals surface area (Å²) in [5, 5.41) is 11.9. The van der Waals surface area contributed by atoms with Crippen molar-refractivity contribution in [3.8, 4) is 0 Å². The van der Waals surface area contributed by atoms with Gasteiger partial charge >= 0.3 is 0 Å². The molecule has 1 unspecified atom stereocenters. The molecule has 2 N–H and O–H groups in total. The molecule has 3 heteroatoms. The quantitative estimate of drug-likeness (QED) is 0.629.